The van der Waals surface area contributed by atoms with Gasteiger partial charge < -0.3 is 14.9 Å². The standard InChI is InChI=1S/C7H10O4/c8-4-2-5-3(7(9)10)1-6(4)11-5/h3-6,8H,1-2H2,(H,9,10). The van der Waals surface area contributed by atoms with Crippen LogP contribution < -0.4 is 0 Å². The maximum absolute atomic E-state index is 10.5. The summed E-state index contributed by atoms with van der Waals surface area (Å²) >= 11 is 0. The number of carboxylic acids is 1. The highest BCUT2D eigenvalue weighted by molar-refractivity contribution is 5.71. The molecule has 0 amide bonds. The number of hydrogen-bond donors (Lipinski definition) is 2. The number of aliphatic carboxylic acids is 1. The van der Waals surface area contributed by atoms with Gasteiger partial charge in [-0.25, -0.2) is 0 Å². The highest BCUT2D eigenvalue weighted by Gasteiger charge is 2.49. The number of hydrogen-bond acceptors (Lipinski definition) is 3. The average Bonchev–Trinajstić information content (AvgIpc) is 2.43. The molecule has 0 aromatic carbocycles. The first-order chi connectivity index (χ1) is 5.18. The molecule has 0 aliphatic carbocycles. The molecule has 2 aliphatic heterocycles. The quantitative estimate of drug-likeness (QED) is 0.545. The first kappa shape index (κ1) is 7.06. The second-order valence-electron chi connectivity index (χ2n) is 3.20. The van der Waals surface area contributed by atoms with E-state index in [2.05, 4.69) is 0 Å². The summed E-state index contributed by atoms with van der Waals surface area (Å²) in [5, 5.41) is 17.9. The first-order valence-electron chi connectivity index (χ1n) is 3.75. The summed E-state index contributed by atoms with van der Waals surface area (Å²) in [4.78, 5) is 10.5. The van der Waals surface area contributed by atoms with E-state index in [-0.39, 0.29) is 18.1 Å². The molecular formula is C7H10O4. The SMILES string of the molecule is O=C(O)C1CC2OC1CC2O. The molecule has 4 heteroatoms. The van der Waals surface area contributed by atoms with Gasteiger partial charge in [0.25, 0.3) is 0 Å². The summed E-state index contributed by atoms with van der Waals surface area (Å²) in [5.41, 5.74) is 0. The van der Waals surface area contributed by atoms with Gasteiger partial charge in [-0.05, 0) is 6.42 Å². The van der Waals surface area contributed by atoms with E-state index >= 15 is 0 Å². The predicted molar refractivity (Wildman–Crippen MR) is 35.0 cm³/mol. The Balaban J connectivity index is 2.08. The van der Waals surface area contributed by atoms with Crippen LogP contribution in [0.25, 0.3) is 0 Å². The van der Waals surface area contributed by atoms with Crippen LogP contribution >= 0.6 is 0 Å². The Kier molecular flexibility index (Phi) is 1.40. The van der Waals surface area contributed by atoms with Gasteiger partial charge in [0, 0.05) is 6.42 Å². The van der Waals surface area contributed by atoms with Gasteiger partial charge in [0.05, 0.1) is 24.2 Å². The summed E-state index contributed by atoms with van der Waals surface area (Å²) in [7, 11) is 0. The van der Waals surface area contributed by atoms with Gasteiger partial charge in [-0.15, -0.1) is 0 Å². The second kappa shape index (κ2) is 2.19. The minimum Gasteiger partial charge on any atom is -0.481 e. The van der Waals surface area contributed by atoms with E-state index in [1.54, 1.807) is 0 Å². The normalized spacial score (nSPS) is 48.1. The minimum absolute atomic E-state index is 0.221. The van der Waals surface area contributed by atoms with E-state index in [0.29, 0.717) is 12.8 Å². The Labute approximate surface area is 63.8 Å². The number of ether oxygens (including phenoxy) is 1. The lowest BCUT2D eigenvalue weighted by Crippen LogP contribution is -2.31. The molecule has 0 aromatic heterocycles. The zero-order chi connectivity index (χ0) is 8.01. The van der Waals surface area contributed by atoms with Crippen molar-refractivity contribution in [1.29, 1.82) is 0 Å². The molecule has 2 aliphatic rings. The Hall–Kier alpha value is -0.610. The molecule has 0 aromatic rings. The molecule has 4 atom stereocenters. The van der Waals surface area contributed by atoms with E-state index in [0.717, 1.165) is 0 Å². The van der Waals surface area contributed by atoms with Crippen LogP contribution in [0, 0.1) is 5.92 Å². The van der Waals surface area contributed by atoms with Crippen LogP contribution in [-0.2, 0) is 9.53 Å². The van der Waals surface area contributed by atoms with Crippen LogP contribution in [0.5, 0.6) is 0 Å². The largest absolute Gasteiger partial charge is 0.481 e. The predicted octanol–water partition coefficient (Wildman–Crippen LogP) is -0.391. The molecule has 0 spiro atoms. The number of aliphatic hydroxyl groups excluding tert-OH is 1. The van der Waals surface area contributed by atoms with Crippen LogP contribution in [0.15, 0.2) is 0 Å². The third-order valence-electron chi connectivity index (χ3n) is 2.50. The summed E-state index contributed by atoms with van der Waals surface area (Å²) in [6.45, 7) is 0. The van der Waals surface area contributed by atoms with E-state index in [1.165, 1.54) is 0 Å². The van der Waals surface area contributed by atoms with Crippen LogP contribution in [0.2, 0.25) is 0 Å². The van der Waals surface area contributed by atoms with Crippen molar-refractivity contribution in [3.05, 3.63) is 0 Å². The Bertz CT molecular complexity index is 189. The van der Waals surface area contributed by atoms with Crippen molar-refractivity contribution < 1.29 is 19.7 Å². The van der Waals surface area contributed by atoms with Crippen molar-refractivity contribution in [2.75, 3.05) is 0 Å². The van der Waals surface area contributed by atoms with Gasteiger partial charge in [0.2, 0.25) is 0 Å². The second-order valence-corrected chi connectivity index (χ2v) is 3.20. The molecule has 2 rings (SSSR count). The van der Waals surface area contributed by atoms with E-state index < -0.39 is 12.1 Å². The lowest BCUT2D eigenvalue weighted by atomic mass is 9.88. The highest BCUT2D eigenvalue weighted by atomic mass is 16.5. The van der Waals surface area contributed by atoms with Gasteiger partial charge in [-0.1, -0.05) is 0 Å². The Morgan fingerprint density at radius 3 is 2.45 bits per heavy atom. The summed E-state index contributed by atoms with van der Waals surface area (Å²) in [6, 6.07) is 0. The van der Waals surface area contributed by atoms with Crippen molar-refractivity contribution in [3.8, 4) is 0 Å². The number of aliphatic hydroxyl groups is 1. The summed E-state index contributed by atoms with van der Waals surface area (Å²) in [5.74, 6) is -1.19. The van der Waals surface area contributed by atoms with Crippen molar-refractivity contribution >= 4 is 5.97 Å². The summed E-state index contributed by atoms with van der Waals surface area (Å²) in [6.07, 6.45) is 0.0622. The molecule has 2 bridgehead atoms. The van der Waals surface area contributed by atoms with Crippen molar-refractivity contribution in [2.24, 2.45) is 5.92 Å². The average molecular weight is 158 g/mol. The Morgan fingerprint density at radius 1 is 1.36 bits per heavy atom. The maximum atomic E-state index is 10.5. The zero-order valence-electron chi connectivity index (χ0n) is 5.93. The van der Waals surface area contributed by atoms with Gasteiger partial charge in [-0.3, -0.25) is 4.79 Å². The van der Waals surface area contributed by atoms with Crippen LogP contribution in [0.3, 0.4) is 0 Å². The van der Waals surface area contributed by atoms with Crippen LogP contribution in [0.4, 0.5) is 0 Å². The molecule has 11 heavy (non-hydrogen) atoms. The fraction of sp³-hybridized carbons (Fsp3) is 0.857. The topological polar surface area (TPSA) is 66.8 Å². The molecule has 4 nitrogen and oxygen atoms in total. The number of carbonyl (C=O) groups is 1. The van der Waals surface area contributed by atoms with Crippen molar-refractivity contribution in [1.82, 2.24) is 0 Å². The van der Waals surface area contributed by atoms with Crippen molar-refractivity contribution in [3.63, 3.8) is 0 Å². The van der Waals surface area contributed by atoms with Crippen molar-refractivity contribution in [2.45, 2.75) is 31.2 Å². The fourth-order valence-corrected chi connectivity index (χ4v) is 1.89. The lowest BCUT2D eigenvalue weighted by Gasteiger charge is -2.17. The third-order valence-corrected chi connectivity index (χ3v) is 2.50. The number of carboxylic acid groups (broad SMARTS) is 1. The zero-order valence-corrected chi connectivity index (χ0v) is 5.93. The smallest absolute Gasteiger partial charge is 0.309 e. The molecule has 2 N–H and O–H groups in total. The van der Waals surface area contributed by atoms with Crippen LogP contribution in [-0.4, -0.2) is 34.5 Å². The molecule has 2 saturated heterocycles. The molecule has 0 saturated carbocycles. The third kappa shape index (κ3) is 0.937. The molecule has 4 unspecified atom stereocenters. The minimum atomic E-state index is -0.801. The number of fused-ring (bicyclic) bond motifs is 2. The molecule has 0 radical (unpaired) electrons. The first-order valence-corrected chi connectivity index (χ1v) is 3.75. The van der Waals surface area contributed by atoms with Gasteiger partial charge in [0.1, 0.15) is 0 Å². The van der Waals surface area contributed by atoms with E-state index in [9.17, 15) is 9.90 Å². The fourth-order valence-electron chi connectivity index (χ4n) is 1.89. The van der Waals surface area contributed by atoms with Gasteiger partial charge in [-0.2, -0.15) is 0 Å². The van der Waals surface area contributed by atoms with Crippen LogP contribution in [0.1, 0.15) is 12.8 Å². The molecular weight excluding hydrogens is 148 g/mol. The van der Waals surface area contributed by atoms with E-state index in [1.807, 2.05) is 0 Å². The molecule has 2 fully saturated rings. The Morgan fingerprint density at radius 2 is 2.09 bits per heavy atom. The van der Waals surface area contributed by atoms with Gasteiger partial charge in [0.15, 0.2) is 0 Å². The number of rotatable bonds is 1. The maximum Gasteiger partial charge on any atom is 0.309 e. The lowest BCUT2D eigenvalue weighted by molar-refractivity contribution is -0.143. The molecule has 2 heterocycles. The monoisotopic (exact) mass is 158 g/mol. The summed E-state index contributed by atoms with van der Waals surface area (Å²) < 4.78 is 5.23. The molecule has 62 valence electrons. The van der Waals surface area contributed by atoms with E-state index in [4.69, 9.17) is 9.84 Å². The highest BCUT2D eigenvalue weighted by Crippen LogP contribution is 2.38. The van der Waals surface area contributed by atoms with Gasteiger partial charge >= 0.3 is 5.97 Å².